The van der Waals surface area contributed by atoms with Crippen LogP contribution in [-0.4, -0.2) is 22.9 Å². The quantitative estimate of drug-likeness (QED) is 0.829. The largest absolute Gasteiger partial charge is 0.318 e. The third-order valence-electron chi connectivity index (χ3n) is 4.97. The monoisotopic (exact) mass is 328 g/mol. The van der Waals surface area contributed by atoms with Crippen LogP contribution in [0.3, 0.4) is 0 Å². The zero-order chi connectivity index (χ0) is 17.1. The summed E-state index contributed by atoms with van der Waals surface area (Å²) in [6.07, 6.45) is 6.16. The first-order chi connectivity index (χ1) is 11.6. The summed E-state index contributed by atoms with van der Waals surface area (Å²) in [5, 5.41) is 3.41. The van der Waals surface area contributed by atoms with Gasteiger partial charge in [-0.2, -0.15) is 0 Å². The van der Waals surface area contributed by atoms with E-state index in [0.29, 0.717) is 12.6 Å². The second-order valence-corrected chi connectivity index (χ2v) is 6.74. The highest BCUT2D eigenvalue weighted by Gasteiger charge is 2.19. The molecule has 0 amide bonds. The molecular weight excluding hydrogens is 303 g/mol. The van der Waals surface area contributed by atoms with E-state index in [0.717, 1.165) is 22.6 Å². The highest BCUT2D eigenvalue weighted by Crippen LogP contribution is 2.22. The van der Waals surface area contributed by atoms with Crippen LogP contribution >= 0.6 is 0 Å². The summed E-state index contributed by atoms with van der Waals surface area (Å²) in [6, 6.07) is 8.78. The minimum Gasteiger partial charge on any atom is -0.318 e. The van der Waals surface area contributed by atoms with Crippen LogP contribution in [0.15, 0.2) is 30.3 Å². The Balaban J connectivity index is 1.75. The average Bonchev–Trinajstić information content (AvgIpc) is 2.89. The van der Waals surface area contributed by atoms with Crippen molar-refractivity contribution in [2.24, 2.45) is 0 Å². The number of carbonyl (C=O) groups is 1. The van der Waals surface area contributed by atoms with Gasteiger partial charge >= 0.3 is 0 Å². The fraction of sp³-hybridized carbons (Fsp3) is 0.450. The van der Waals surface area contributed by atoms with E-state index in [1.165, 1.54) is 44.2 Å². The van der Waals surface area contributed by atoms with Gasteiger partial charge in [-0.1, -0.05) is 19.3 Å². The van der Waals surface area contributed by atoms with Gasteiger partial charge in [-0.25, -0.2) is 4.39 Å². The minimum atomic E-state index is -0.255. The molecule has 1 aromatic carbocycles. The van der Waals surface area contributed by atoms with Gasteiger partial charge in [0.25, 0.3) is 0 Å². The van der Waals surface area contributed by atoms with Crippen LogP contribution in [0.4, 0.5) is 4.39 Å². The molecule has 0 spiro atoms. The smallest absolute Gasteiger partial charge is 0.178 e. The third-order valence-corrected chi connectivity index (χ3v) is 4.97. The predicted molar refractivity (Wildman–Crippen MR) is 94.4 cm³/mol. The Labute approximate surface area is 142 Å². The number of ketones is 1. The van der Waals surface area contributed by atoms with E-state index < -0.39 is 0 Å². The molecular formula is C20H25FN2O. The normalized spacial score (nSPS) is 15.6. The Morgan fingerprint density at radius 1 is 1.17 bits per heavy atom. The van der Waals surface area contributed by atoms with Crippen molar-refractivity contribution in [1.82, 2.24) is 9.88 Å². The lowest BCUT2D eigenvalue weighted by Crippen LogP contribution is -2.35. The standard InChI is InChI=1S/C20H25FN2O/c1-14-12-19(20(24)13-22-17-6-4-3-5-7-17)15(2)23(14)18-10-8-16(21)9-11-18/h8-12,17,22H,3-7,13H2,1-2H3. The maximum atomic E-state index is 13.1. The predicted octanol–water partition coefficient (Wildman–Crippen LogP) is 4.34. The molecule has 0 radical (unpaired) electrons. The summed E-state index contributed by atoms with van der Waals surface area (Å²) in [7, 11) is 0. The molecule has 0 atom stereocenters. The van der Waals surface area contributed by atoms with Crippen molar-refractivity contribution in [3.05, 3.63) is 53.1 Å². The first-order valence-corrected chi connectivity index (χ1v) is 8.77. The topological polar surface area (TPSA) is 34.0 Å². The van der Waals surface area contributed by atoms with Gasteiger partial charge in [-0.3, -0.25) is 4.79 Å². The molecule has 1 saturated carbocycles. The van der Waals surface area contributed by atoms with Gasteiger partial charge in [0.1, 0.15) is 5.82 Å². The number of hydrogen-bond donors (Lipinski definition) is 1. The van der Waals surface area contributed by atoms with Crippen molar-refractivity contribution in [2.75, 3.05) is 6.54 Å². The zero-order valence-corrected chi connectivity index (χ0v) is 14.4. The number of hydrogen-bond acceptors (Lipinski definition) is 2. The van der Waals surface area contributed by atoms with Crippen LogP contribution in [0.2, 0.25) is 0 Å². The number of Topliss-reactive ketones (excluding diaryl/α,β-unsaturated/α-hetero) is 1. The molecule has 1 heterocycles. The van der Waals surface area contributed by atoms with E-state index in [1.54, 1.807) is 12.1 Å². The molecule has 4 heteroatoms. The van der Waals surface area contributed by atoms with Crippen molar-refractivity contribution < 1.29 is 9.18 Å². The van der Waals surface area contributed by atoms with Gasteiger partial charge in [-0.05, 0) is 57.0 Å². The van der Waals surface area contributed by atoms with Gasteiger partial charge in [0.2, 0.25) is 0 Å². The number of aryl methyl sites for hydroxylation is 1. The zero-order valence-electron chi connectivity index (χ0n) is 14.4. The molecule has 1 aromatic heterocycles. The first kappa shape index (κ1) is 16.9. The van der Waals surface area contributed by atoms with Crippen molar-refractivity contribution in [1.29, 1.82) is 0 Å². The number of benzene rings is 1. The van der Waals surface area contributed by atoms with Crippen LogP contribution in [-0.2, 0) is 0 Å². The average molecular weight is 328 g/mol. The number of aromatic nitrogens is 1. The lowest BCUT2D eigenvalue weighted by atomic mass is 9.95. The van der Waals surface area contributed by atoms with Crippen molar-refractivity contribution >= 4 is 5.78 Å². The number of carbonyl (C=O) groups excluding carboxylic acids is 1. The Kier molecular flexibility index (Phi) is 5.14. The molecule has 1 aliphatic carbocycles. The highest BCUT2D eigenvalue weighted by atomic mass is 19.1. The van der Waals surface area contributed by atoms with E-state index in [-0.39, 0.29) is 11.6 Å². The molecule has 1 N–H and O–H groups in total. The summed E-state index contributed by atoms with van der Waals surface area (Å²) in [5.41, 5.74) is 3.53. The van der Waals surface area contributed by atoms with Gasteiger partial charge in [0.05, 0.1) is 6.54 Å². The van der Waals surface area contributed by atoms with Crippen molar-refractivity contribution in [3.63, 3.8) is 0 Å². The summed E-state index contributed by atoms with van der Waals surface area (Å²) < 4.78 is 15.1. The number of nitrogens with one attached hydrogen (secondary N) is 1. The van der Waals surface area contributed by atoms with Gasteiger partial charge in [-0.15, -0.1) is 0 Å². The molecule has 0 saturated heterocycles. The molecule has 0 unspecified atom stereocenters. The van der Waals surface area contributed by atoms with Crippen LogP contribution in [0.1, 0.15) is 53.8 Å². The van der Waals surface area contributed by atoms with Gasteiger partial charge < -0.3 is 9.88 Å². The van der Waals surface area contributed by atoms with Gasteiger partial charge in [0, 0.05) is 28.7 Å². The summed E-state index contributed by atoms with van der Waals surface area (Å²) in [4.78, 5) is 12.6. The SMILES string of the molecule is Cc1cc(C(=O)CNC2CCCCC2)c(C)n1-c1ccc(F)cc1. The summed E-state index contributed by atoms with van der Waals surface area (Å²) >= 11 is 0. The number of nitrogens with zero attached hydrogens (tertiary/aromatic N) is 1. The fourth-order valence-corrected chi connectivity index (χ4v) is 3.67. The Morgan fingerprint density at radius 3 is 2.50 bits per heavy atom. The highest BCUT2D eigenvalue weighted by molar-refractivity contribution is 5.99. The second-order valence-electron chi connectivity index (χ2n) is 6.74. The Hall–Kier alpha value is -1.94. The summed E-state index contributed by atoms with van der Waals surface area (Å²) in [6.45, 7) is 4.31. The molecule has 1 aliphatic rings. The lowest BCUT2D eigenvalue weighted by molar-refractivity contribution is 0.0984. The van der Waals surface area contributed by atoms with E-state index in [1.807, 2.05) is 24.5 Å². The molecule has 128 valence electrons. The molecule has 0 aliphatic heterocycles. The molecule has 2 aromatic rings. The fourth-order valence-electron chi connectivity index (χ4n) is 3.67. The molecule has 3 nitrogen and oxygen atoms in total. The Bertz CT molecular complexity index is 712. The van der Waals surface area contributed by atoms with E-state index >= 15 is 0 Å². The lowest BCUT2D eigenvalue weighted by Gasteiger charge is -2.22. The first-order valence-electron chi connectivity index (χ1n) is 8.77. The van der Waals surface area contributed by atoms with E-state index in [4.69, 9.17) is 0 Å². The number of rotatable bonds is 5. The summed E-state index contributed by atoms with van der Waals surface area (Å²) in [5.74, 6) is -0.128. The van der Waals surface area contributed by atoms with E-state index in [2.05, 4.69) is 5.32 Å². The third kappa shape index (κ3) is 3.59. The molecule has 3 rings (SSSR count). The molecule has 1 fully saturated rings. The van der Waals surface area contributed by atoms with E-state index in [9.17, 15) is 9.18 Å². The molecule has 24 heavy (non-hydrogen) atoms. The maximum absolute atomic E-state index is 13.1. The number of halogens is 1. The van der Waals surface area contributed by atoms with Crippen LogP contribution in [0, 0.1) is 19.7 Å². The van der Waals surface area contributed by atoms with Gasteiger partial charge in [0.15, 0.2) is 5.78 Å². The van der Waals surface area contributed by atoms with Crippen LogP contribution < -0.4 is 5.32 Å². The maximum Gasteiger partial charge on any atom is 0.178 e. The van der Waals surface area contributed by atoms with Crippen LogP contribution in [0.25, 0.3) is 5.69 Å². The molecule has 0 bridgehead atoms. The second kappa shape index (κ2) is 7.31. The Morgan fingerprint density at radius 2 is 1.83 bits per heavy atom. The van der Waals surface area contributed by atoms with Crippen molar-refractivity contribution in [2.45, 2.75) is 52.0 Å². The minimum absolute atomic E-state index is 0.127. The van der Waals surface area contributed by atoms with Crippen LogP contribution in [0.5, 0.6) is 0 Å². The van der Waals surface area contributed by atoms with Crippen molar-refractivity contribution in [3.8, 4) is 5.69 Å².